The maximum absolute atomic E-state index is 13.3. The van der Waals surface area contributed by atoms with E-state index in [2.05, 4.69) is 10.3 Å². The number of piperidine rings is 1. The summed E-state index contributed by atoms with van der Waals surface area (Å²) in [5, 5.41) is 3.05. The number of fused-ring (bicyclic) bond motifs is 1. The first kappa shape index (κ1) is 25.5. The van der Waals surface area contributed by atoms with Crippen molar-refractivity contribution in [1.82, 2.24) is 15.2 Å². The molecule has 4 aromatic rings. The van der Waals surface area contributed by atoms with E-state index in [9.17, 15) is 9.59 Å². The van der Waals surface area contributed by atoms with Crippen LogP contribution in [0.3, 0.4) is 0 Å². The van der Waals surface area contributed by atoms with Crippen LogP contribution < -0.4 is 10.1 Å². The second-order valence-electron chi connectivity index (χ2n) is 10.0. The van der Waals surface area contributed by atoms with Crippen LogP contribution in [-0.4, -0.2) is 41.9 Å². The van der Waals surface area contributed by atoms with Crippen molar-refractivity contribution in [3.8, 4) is 17.2 Å². The van der Waals surface area contributed by atoms with E-state index in [0.29, 0.717) is 42.2 Å². The van der Waals surface area contributed by atoms with Crippen molar-refractivity contribution >= 4 is 22.9 Å². The Balaban J connectivity index is 1.17. The summed E-state index contributed by atoms with van der Waals surface area (Å²) in [7, 11) is 1.63. The number of rotatable bonds is 7. The van der Waals surface area contributed by atoms with E-state index >= 15 is 0 Å². The van der Waals surface area contributed by atoms with Crippen LogP contribution in [-0.2, 0) is 11.3 Å². The lowest BCUT2D eigenvalue weighted by Crippen LogP contribution is -2.42. The molecule has 0 spiro atoms. The van der Waals surface area contributed by atoms with Crippen LogP contribution in [0.15, 0.2) is 71.1 Å². The number of aromatic nitrogens is 1. The summed E-state index contributed by atoms with van der Waals surface area (Å²) in [5.74, 6) is 1.42. The van der Waals surface area contributed by atoms with E-state index in [-0.39, 0.29) is 23.7 Å². The lowest BCUT2D eigenvalue weighted by molar-refractivity contribution is -0.126. The predicted molar refractivity (Wildman–Crippen MR) is 147 cm³/mol. The van der Waals surface area contributed by atoms with Gasteiger partial charge in [0.15, 0.2) is 5.58 Å². The average molecular weight is 512 g/mol. The number of oxazole rings is 1. The number of hydrogen-bond donors (Lipinski definition) is 1. The largest absolute Gasteiger partial charge is 0.496 e. The summed E-state index contributed by atoms with van der Waals surface area (Å²) in [6, 6.07) is 21.1. The number of nitrogens with zero attached hydrogens (tertiary/aromatic N) is 2. The molecule has 0 radical (unpaired) electrons. The van der Waals surface area contributed by atoms with Crippen LogP contribution in [0.5, 0.6) is 5.75 Å². The third-order valence-corrected chi connectivity index (χ3v) is 7.53. The lowest BCUT2D eigenvalue weighted by Gasteiger charge is -2.34. The average Bonchev–Trinajstić information content (AvgIpc) is 3.39. The van der Waals surface area contributed by atoms with Gasteiger partial charge in [-0.15, -0.1) is 0 Å². The van der Waals surface area contributed by atoms with E-state index in [0.717, 1.165) is 29.7 Å². The van der Waals surface area contributed by atoms with Gasteiger partial charge in [-0.3, -0.25) is 9.59 Å². The topological polar surface area (TPSA) is 84.7 Å². The molecule has 2 amide bonds. The number of carbonyl (C=O) groups is 2. The molecular weight excluding hydrogens is 478 g/mol. The fraction of sp³-hybridized carbons (Fsp3) is 0.323. The summed E-state index contributed by atoms with van der Waals surface area (Å²) >= 11 is 0. The third-order valence-electron chi connectivity index (χ3n) is 7.53. The molecule has 7 heteroatoms. The SMILES string of the molecule is COc1ccccc1CNC(=O)C(C)C1CCN(C(=O)c2ccc3oc(-c4ccc(C)cc4)nc3c2)CC1. The number of para-hydroxylation sites is 1. The Morgan fingerprint density at radius 3 is 2.55 bits per heavy atom. The van der Waals surface area contributed by atoms with Crippen molar-refractivity contribution in [2.45, 2.75) is 33.2 Å². The molecule has 0 saturated carbocycles. The Morgan fingerprint density at radius 1 is 1.08 bits per heavy atom. The van der Waals surface area contributed by atoms with Crippen LogP contribution in [0.25, 0.3) is 22.6 Å². The lowest BCUT2D eigenvalue weighted by atomic mass is 9.84. The maximum Gasteiger partial charge on any atom is 0.253 e. The Kier molecular flexibility index (Phi) is 7.45. The molecule has 2 heterocycles. The third kappa shape index (κ3) is 5.42. The summed E-state index contributed by atoms with van der Waals surface area (Å²) < 4.78 is 11.3. The molecule has 3 aromatic carbocycles. The summed E-state index contributed by atoms with van der Waals surface area (Å²) in [5.41, 5.74) is 4.95. The van der Waals surface area contributed by atoms with Crippen molar-refractivity contribution in [3.05, 3.63) is 83.4 Å². The number of nitrogens with one attached hydrogen (secondary N) is 1. The van der Waals surface area contributed by atoms with E-state index in [1.807, 2.05) is 73.3 Å². The van der Waals surface area contributed by atoms with E-state index in [4.69, 9.17) is 9.15 Å². The highest BCUT2D eigenvalue weighted by Gasteiger charge is 2.30. The number of ether oxygens (including phenoxy) is 1. The van der Waals surface area contributed by atoms with Crippen molar-refractivity contribution < 1.29 is 18.7 Å². The molecule has 1 fully saturated rings. The van der Waals surface area contributed by atoms with Gasteiger partial charge in [0.25, 0.3) is 5.91 Å². The van der Waals surface area contributed by atoms with E-state index in [1.165, 1.54) is 5.56 Å². The molecule has 1 unspecified atom stereocenters. The highest BCUT2D eigenvalue weighted by Crippen LogP contribution is 2.28. The molecule has 196 valence electrons. The van der Waals surface area contributed by atoms with Gasteiger partial charge in [0.1, 0.15) is 11.3 Å². The van der Waals surface area contributed by atoms with E-state index in [1.54, 1.807) is 19.2 Å². The molecular formula is C31H33N3O4. The van der Waals surface area contributed by atoms with Crippen LogP contribution in [0, 0.1) is 18.8 Å². The Bertz CT molecular complexity index is 1440. The molecule has 5 rings (SSSR count). The van der Waals surface area contributed by atoms with Crippen LogP contribution in [0.2, 0.25) is 0 Å². The first-order valence-electron chi connectivity index (χ1n) is 13.1. The maximum atomic E-state index is 13.3. The van der Waals surface area contributed by atoms with Crippen molar-refractivity contribution in [2.24, 2.45) is 11.8 Å². The second-order valence-corrected chi connectivity index (χ2v) is 10.0. The highest BCUT2D eigenvalue weighted by atomic mass is 16.5. The second kappa shape index (κ2) is 11.1. The van der Waals surface area contributed by atoms with Gasteiger partial charge in [0.2, 0.25) is 11.8 Å². The molecule has 1 atom stereocenters. The van der Waals surface area contributed by atoms with Gasteiger partial charge in [-0.1, -0.05) is 42.8 Å². The first-order valence-corrected chi connectivity index (χ1v) is 13.1. The van der Waals surface area contributed by atoms with Gasteiger partial charge < -0.3 is 19.4 Å². The van der Waals surface area contributed by atoms with Gasteiger partial charge >= 0.3 is 0 Å². The van der Waals surface area contributed by atoms with Gasteiger partial charge in [-0.25, -0.2) is 4.98 Å². The molecule has 1 aliphatic rings. The molecule has 1 aromatic heterocycles. The van der Waals surface area contributed by atoms with Crippen molar-refractivity contribution in [3.63, 3.8) is 0 Å². The first-order chi connectivity index (χ1) is 18.4. The molecule has 1 N–H and O–H groups in total. The number of likely N-dealkylation sites (tertiary alicyclic amines) is 1. The number of benzene rings is 3. The fourth-order valence-electron chi connectivity index (χ4n) is 5.07. The minimum absolute atomic E-state index is 0.0153. The zero-order valence-electron chi connectivity index (χ0n) is 22.1. The van der Waals surface area contributed by atoms with Gasteiger partial charge in [0.05, 0.1) is 7.11 Å². The minimum Gasteiger partial charge on any atom is -0.496 e. The van der Waals surface area contributed by atoms with Crippen LogP contribution in [0.1, 0.15) is 41.3 Å². The zero-order chi connectivity index (χ0) is 26.6. The van der Waals surface area contributed by atoms with Crippen molar-refractivity contribution in [2.75, 3.05) is 20.2 Å². The van der Waals surface area contributed by atoms with Gasteiger partial charge in [0, 0.05) is 42.2 Å². The molecule has 0 bridgehead atoms. The predicted octanol–water partition coefficient (Wildman–Crippen LogP) is 5.62. The van der Waals surface area contributed by atoms with Crippen LogP contribution in [0.4, 0.5) is 0 Å². The van der Waals surface area contributed by atoms with Crippen molar-refractivity contribution in [1.29, 1.82) is 0 Å². The Morgan fingerprint density at radius 2 is 1.82 bits per heavy atom. The van der Waals surface area contributed by atoms with Crippen LogP contribution >= 0.6 is 0 Å². The number of amides is 2. The van der Waals surface area contributed by atoms with Gasteiger partial charge in [-0.2, -0.15) is 0 Å². The van der Waals surface area contributed by atoms with Gasteiger partial charge in [-0.05, 0) is 62.1 Å². The summed E-state index contributed by atoms with van der Waals surface area (Å²) in [6.45, 7) is 5.69. The van der Waals surface area contributed by atoms with E-state index < -0.39 is 0 Å². The molecule has 0 aliphatic carbocycles. The summed E-state index contributed by atoms with van der Waals surface area (Å²) in [4.78, 5) is 32.6. The Hall–Kier alpha value is -4.13. The number of aryl methyl sites for hydroxylation is 1. The zero-order valence-corrected chi connectivity index (χ0v) is 22.1. The smallest absolute Gasteiger partial charge is 0.253 e. The number of hydrogen-bond acceptors (Lipinski definition) is 5. The Labute approximate surface area is 222 Å². The standard InChI is InChI=1S/C31H33N3O4/c1-20-8-10-23(11-9-20)30-33-26-18-24(12-13-28(26)38-30)31(36)34-16-14-22(15-17-34)21(2)29(35)32-19-25-6-4-5-7-27(25)37-3/h4-13,18,21-22H,14-17,19H2,1-3H3,(H,32,35). The molecule has 1 aliphatic heterocycles. The summed E-state index contributed by atoms with van der Waals surface area (Å²) in [6.07, 6.45) is 1.58. The minimum atomic E-state index is -0.131. The number of carbonyl (C=O) groups excluding carboxylic acids is 2. The number of methoxy groups -OCH3 is 1. The molecule has 38 heavy (non-hydrogen) atoms. The molecule has 7 nitrogen and oxygen atoms in total. The molecule has 1 saturated heterocycles. The quantitative estimate of drug-likeness (QED) is 0.348. The highest BCUT2D eigenvalue weighted by molar-refractivity contribution is 5.97. The monoisotopic (exact) mass is 511 g/mol. The normalized spacial score (nSPS) is 14.9. The fourth-order valence-corrected chi connectivity index (χ4v) is 5.07.